The summed E-state index contributed by atoms with van der Waals surface area (Å²) in [7, 11) is 1.83. The topological polar surface area (TPSA) is 41.1 Å². The van der Waals surface area contributed by atoms with Gasteiger partial charge in [0.25, 0.3) is 0 Å². The summed E-state index contributed by atoms with van der Waals surface area (Å²) in [6.07, 6.45) is 0.689. The summed E-state index contributed by atoms with van der Waals surface area (Å²) in [5.41, 5.74) is 0.986. The van der Waals surface area contributed by atoms with Crippen LogP contribution in [0.15, 0.2) is 18.2 Å². The van der Waals surface area contributed by atoms with Gasteiger partial charge >= 0.3 is 0 Å². The maximum atomic E-state index is 11.9. The van der Waals surface area contributed by atoms with E-state index in [0.717, 1.165) is 5.56 Å². The molecular weight excluding hydrogens is 319 g/mol. The standard InChI is InChI=1S/C14H20Cl2N2O.ClH/c1-9(8-17-3)14(19)18-10(2)6-11-4-5-12(15)7-13(11)16;/h4-5,7,9-10,17H,6,8H2,1-3H3,(H,18,19);1H. The first-order valence-electron chi connectivity index (χ1n) is 6.33. The molecule has 1 rings (SSSR count). The smallest absolute Gasteiger partial charge is 0.224 e. The van der Waals surface area contributed by atoms with Crippen LogP contribution >= 0.6 is 35.6 Å². The van der Waals surface area contributed by atoms with Crippen LogP contribution in [0.25, 0.3) is 0 Å². The van der Waals surface area contributed by atoms with E-state index in [1.165, 1.54) is 0 Å². The molecule has 2 N–H and O–H groups in total. The highest BCUT2D eigenvalue weighted by molar-refractivity contribution is 6.35. The lowest BCUT2D eigenvalue weighted by Gasteiger charge is -2.18. The molecule has 6 heteroatoms. The van der Waals surface area contributed by atoms with Crippen LogP contribution < -0.4 is 10.6 Å². The van der Waals surface area contributed by atoms with Crippen molar-refractivity contribution < 1.29 is 4.79 Å². The largest absolute Gasteiger partial charge is 0.353 e. The number of hydrogen-bond donors (Lipinski definition) is 2. The second-order valence-corrected chi connectivity index (χ2v) is 5.65. The first kappa shape index (κ1) is 19.5. The van der Waals surface area contributed by atoms with Crippen molar-refractivity contribution in [3.63, 3.8) is 0 Å². The zero-order valence-corrected chi connectivity index (χ0v) is 14.2. The van der Waals surface area contributed by atoms with E-state index in [9.17, 15) is 4.79 Å². The average Bonchev–Trinajstić information content (AvgIpc) is 2.33. The summed E-state index contributed by atoms with van der Waals surface area (Å²) in [6, 6.07) is 5.45. The molecule has 2 unspecified atom stereocenters. The van der Waals surface area contributed by atoms with Crippen molar-refractivity contribution in [1.82, 2.24) is 10.6 Å². The van der Waals surface area contributed by atoms with E-state index in [2.05, 4.69) is 10.6 Å². The van der Waals surface area contributed by atoms with Crippen LogP contribution in [0, 0.1) is 5.92 Å². The van der Waals surface area contributed by atoms with E-state index in [-0.39, 0.29) is 30.3 Å². The zero-order chi connectivity index (χ0) is 14.4. The minimum Gasteiger partial charge on any atom is -0.353 e. The molecule has 3 nitrogen and oxygen atoms in total. The SMILES string of the molecule is CNCC(C)C(=O)NC(C)Cc1ccc(Cl)cc1Cl.Cl. The van der Waals surface area contributed by atoms with E-state index >= 15 is 0 Å². The number of amides is 1. The fourth-order valence-corrected chi connectivity index (χ4v) is 2.34. The van der Waals surface area contributed by atoms with Gasteiger partial charge in [-0.3, -0.25) is 4.79 Å². The predicted molar refractivity (Wildman–Crippen MR) is 88.1 cm³/mol. The minimum atomic E-state index is -0.0480. The van der Waals surface area contributed by atoms with Crippen molar-refractivity contribution in [2.24, 2.45) is 5.92 Å². The van der Waals surface area contributed by atoms with Gasteiger partial charge in [0.2, 0.25) is 5.91 Å². The molecule has 0 aliphatic heterocycles. The molecule has 0 bridgehead atoms. The molecule has 1 aromatic rings. The molecular formula is C14H21Cl3N2O. The molecule has 0 aromatic heterocycles. The van der Waals surface area contributed by atoms with E-state index in [0.29, 0.717) is 23.0 Å². The van der Waals surface area contributed by atoms with Gasteiger partial charge in [-0.25, -0.2) is 0 Å². The molecule has 114 valence electrons. The molecule has 0 heterocycles. The molecule has 20 heavy (non-hydrogen) atoms. The Kier molecular flexibility index (Phi) is 9.23. The van der Waals surface area contributed by atoms with Gasteiger partial charge in [-0.05, 0) is 38.1 Å². The Morgan fingerprint density at radius 2 is 1.95 bits per heavy atom. The Balaban J connectivity index is 0.00000361. The monoisotopic (exact) mass is 338 g/mol. The molecule has 0 saturated carbocycles. The number of carbonyl (C=O) groups is 1. The first-order valence-corrected chi connectivity index (χ1v) is 7.08. The van der Waals surface area contributed by atoms with Crippen molar-refractivity contribution in [2.45, 2.75) is 26.3 Å². The van der Waals surface area contributed by atoms with E-state index in [4.69, 9.17) is 23.2 Å². The number of hydrogen-bond acceptors (Lipinski definition) is 2. The maximum absolute atomic E-state index is 11.9. The van der Waals surface area contributed by atoms with Gasteiger partial charge in [-0.1, -0.05) is 36.2 Å². The van der Waals surface area contributed by atoms with Crippen LogP contribution in [0.1, 0.15) is 19.4 Å². The summed E-state index contributed by atoms with van der Waals surface area (Å²) in [6.45, 7) is 4.53. The summed E-state index contributed by atoms with van der Waals surface area (Å²) >= 11 is 12.0. The Bertz CT molecular complexity index is 440. The fraction of sp³-hybridized carbons (Fsp3) is 0.500. The quantitative estimate of drug-likeness (QED) is 0.835. The first-order chi connectivity index (χ1) is 8.93. The summed E-state index contributed by atoms with van der Waals surface area (Å²) in [5, 5.41) is 7.23. The summed E-state index contributed by atoms with van der Waals surface area (Å²) < 4.78 is 0. The minimum absolute atomic E-state index is 0. The van der Waals surface area contributed by atoms with Crippen LogP contribution in [-0.2, 0) is 11.2 Å². The molecule has 2 atom stereocenters. The third-order valence-electron chi connectivity index (χ3n) is 2.89. The molecule has 0 fully saturated rings. The lowest BCUT2D eigenvalue weighted by Crippen LogP contribution is -2.40. The summed E-state index contributed by atoms with van der Waals surface area (Å²) in [5.74, 6) is 0.0000701. The summed E-state index contributed by atoms with van der Waals surface area (Å²) in [4.78, 5) is 11.9. The molecule has 0 aliphatic rings. The molecule has 1 aromatic carbocycles. The van der Waals surface area contributed by atoms with Gasteiger partial charge in [-0.2, -0.15) is 0 Å². The van der Waals surface area contributed by atoms with E-state index in [1.807, 2.05) is 27.0 Å². The van der Waals surface area contributed by atoms with Gasteiger partial charge < -0.3 is 10.6 Å². The normalized spacial score (nSPS) is 13.2. The van der Waals surface area contributed by atoms with Crippen LogP contribution in [0.3, 0.4) is 0 Å². The van der Waals surface area contributed by atoms with Crippen molar-refractivity contribution >= 4 is 41.5 Å². The maximum Gasteiger partial charge on any atom is 0.224 e. The second-order valence-electron chi connectivity index (χ2n) is 4.81. The van der Waals surface area contributed by atoms with Gasteiger partial charge in [0.1, 0.15) is 0 Å². The lowest BCUT2D eigenvalue weighted by molar-refractivity contribution is -0.124. The molecule has 0 spiro atoms. The Labute approximate surface area is 136 Å². The van der Waals surface area contributed by atoms with Crippen molar-refractivity contribution in [2.75, 3.05) is 13.6 Å². The number of rotatable bonds is 6. The Morgan fingerprint density at radius 3 is 2.50 bits per heavy atom. The average molecular weight is 340 g/mol. The number of benzene rings is 1. The number of nitrogens with one attached hydrogen (secondary N) is 2. The van der Waals surface area contributed by atoms with Crippen LogP contribution in [0.2, 0.25) is 10.0 Å². The van der Waals surface area contributed by atoms with Gasteiger partial charge in [0.15, 0.2) is 0 Å². The highest BCUT2D eigenvalue weighted by atomic mass is 35.5. The second kappa shape index (κ2) is 9.46. The number of carbonyl (C=O) groups excluding carboxylic acids is 1. The molecule has 0 aliphatic carbocycles. The molecule has 0 radical (unpaired) electrons. The van der Waals surface area contributed by atoms with Crippen molar-refractivity contribution in [3.8, 4) is 0 Å². The van der Waals surface area contributed by atoms with Crippen LogP contribution in [0.5, 0.6) is 0 Å². The fourth-order valence-electron chi connectivity index (χ4n) is 1.85. The third kappa shape index (κ3) is 6.31. The van der Waals surface area contributed by atoms with E-state index < -0.39 is 0 Å². The zero-order valence-electron chi connectivity index (χ0n) is 11.9. The number of halogens is 3. The van der Waals surface area contributed by atoms with Gasteiger partial charge in [-0.15, -0.1) is 12.4 Å². The highest BCUT2D eigenvalue weighted by Gasteiger charge is 2.15. The Morgan fingerprint density at radius 1 is 1.30 bits per heavy atom. The van der Waals surface area contributed by atoms with Crippen LogP contribution in [0.4, 0.5) is 0 Å². The van der Waals surface area contributed by atoms with Gasteiger partial charge in [0, 0.05) is 28.5 Å². The molecule has 1 amide bonds. The van der Waals surface area contributed by atoms with Crippen LogP contribution in [-0.4, -0.2) is 25.5 Å². The third-order valence-corrected chi connectivity index (χ3v) is 3.47. The molecule has 0 saturated heterocycles. The lowest BCUT2D eigenvalue weighted by atomic mass is 10.1. The van der Waals surface area contributed by atoms with Gasteiger partial charge in [0.05, 0.1) is 0 Å². The van der Waals surface area contributed by atoms with E-state index in [1.54, 1.807) is 12.1 Å². The Hall–Kier alpha value is -0.480. The van der Waals surface area contributed by atoms with Crippen molar-refractivity contribution in [1.29, 1.82) is 0 Å². The van der Waals surface area contributed by atoms with Crippen molar-refractivity contribution in [3.05, 3.63) is 33.8 Å². The highest BCUT2D eigenvalue weighted by Crippen LogP contribution is 2.22. The predicted octanol–water partition coefficient (Wildman–Crippen LogP) is 3.32.